The van der Waals surface area contributed by atoms with Crippen molar-refractivity contribution >= 4 is 34.8 Å². The van der Waals surface area contributed by atoms with E-state index in [0.717, 1.165) is 99.3 Å². The molecule has 1 atom stereocenters. The molecule has 0 spiro atoms. The highest BCUT2D eigenvalue weighted by Gasteiger charge is 2.33. The zero-order chi connectivity index (χ0) is 29.5. The van der Waals surface area contributed by atoms with Crippen molar-refractivity contribution in [1.29, 1.82) is 0 Å². The average molecular weight is 614 g/mol. The van der Waals surface area contributed by atoms with Crippen LogP contribution in [-0.4, -0.2) is 91.3 Å². The number of amides is 1. The second-order valence-electron chi connectivity index (χ2n) is 11.7. The minimum atomic E-state index is -0.435. The Morgan fingerprint density at radius 3 is 2.57 bits per heavy atom. The minimum absolute atomic E-state index is 0.0934. The molecule has 228 valence electrons. The van der Waals surface area contributed by atoms with Gasteiger partial charge in [-0.1, -0.05) is 36.7 Å². The predicted octanol–water partition coefficient (Wildman–Crippen LogP) is 4.89. The molecule has 0 aliphatic carbocycles. The summed E-state index contributed by atoms with van der Waals surface area (Å²) in [7, 11) is 0. The Bertz CT molecular complexity index is 1240. The number of likely N-dealkylation sites (tertiary alicyclic amines) is 1. The first kappa shape index (κ1) is 31.5. The summed E-state index contributed by atoms with van der Waals surface area (Å²) in [6.45, 7) is 10.7. The Labute approximate surface area is 259 Å². The summed E-state index contributed by atoms with van der Waals surface area (Å²) in [5.41, 5.74) is 11.8. The molecular weight excluding hydrogens is 569 g/mol. The maximum atomic E-state index is 13.7. The van der Waals surface area contributed by atoms with E-state index in [1.165, 1.54) is 16.7 Å². The standard InChI is InChI=1S/C33H45ClFN5OS/c1-2-42-31-22-29(35)5-3-27(31)23-39-17-19-40(20-18-39)33(41)32(36)25-9-14-38(15-10-25)16-11-26-21-28(34)4-6-30(26)24-7-12-37-13-8-24/h3-7,21-22,25,32,37H,2,8-20,23,36H2,1H3/t32-/m1/s1. The first-order chi connectivity index (χ1) is 20.4. The number of carbonyl (C=O) groups excluding carboxylic acids is 1. The molecule has 6 nitrogen and oxygen atoms in total. The van der Waals surface area contributed by atoms with Gasteiger partial charge in [0.15, 0.2) is 0 Å². The summed E-state index contributed by atoms with van der Waals surface area (Å²) in [4.78, 5) is 21.2. The van der Waals surface area contributed by atoms with E-state index in [1.54, 1.807) is 23.9 Å². The summed E-state index contributed by atoms with van der Waals surface area (Å²) >= 11 is 8.06. The fraction of sp³-hybridized carbons (Fsp3) is 0.545. The number of halogens is 2. The highest BCUT2D eigenvalue weighted by Crippen LogP contribution is 2.28. The lowest BCUT2D eigenvalue weighted by Crippen LogP contribution is -2.55. The van der Waals surface area contributed by atoms with Gasteiger partial charge in [-0.25, -0.2) is 4.39 Å². The maximum absolute atomic E-state index is 13.7. The molecule has 2 aromatic carbocycles. The van der Waals surface area contributed by atoms with Crippen LogP contribution in [0.15, 0.2) is 47.4 Å². The smallest absolute Gasteiger partial charge is 0.239 e. The predicted molar refractivity (Wildman–Crippen MR) is 172 cm³/mol. The van der Waals surface area contributed by atoms with Gasteiger partial charge in [0.1, 0.15) is 5.82 Å². The number of carbonyl (C=O) groups is 1. The molecule has 0 bridgehead atoms. The number of rotatable bonds is 10. The van der Waals surface area contributed by atoms with E-state index in [-0.39, 0.29) is 17.6 Å². The summed E-state index contributed by atoms with van der Waals surface area (Å²) in [5.74, 6) is 1.04. The Morgan fingerprint density at radius 1 is 1.07 bits per heavy atom. The topological polar surface area (TPSA) is 64.8 Å². The molecule has 0 unspecified atom stereocenters. The van der Waals surface area contributed by atoms with Crippen molar-refractivity contribution in [3.05, 3.63) is 70.0 Å². The highest BCUT2D eigenvalue weighted by atomic mass is 35.5. The van der Waals surface area contributed by atoms with Crippen molar-refractivity contribution < 1.29 is 9.18 Å². The molecule has 2 saturated heterocycles. The van der Waals surface area contributed by atoms with Gasteiger partial charge in [-0.05, 0) is 104 Å². The Morgan fingerprint density at radius 2 is 1.86 bits per heavy atom. The van der Waals surface area contributed by atoms with E-state index in [9.17, 15) is 9.18 Å². The Balaban J connectivity index is 1.07. The van der Waals surface area contributed by atoms with E-state index in [4.69, 9.17) is 17.3 Å². The van der Waals surface area contributed by atoms with E-state index in [1.807, 2.05) is 17.0 Å². The number of thioether (sulfide) groups is 1. The van der Waals surface area contributed by atoms with Crippen LogP contribution in [0.1, 0.15) is 42.9 Å². The summed E-state index contributed by atoms with van der Waals surface area (Å²) in [6.07, 6.45) is 6.22. The molecule has 3 heterocycles. The lowest BCUT2D eigenvalue weighted by Gasteiger charge is -2.39. The number of piperazine rings is 1. The van der Waals surface area contributed by atoms with Crippen LogP contribution < -0.4 is 11.1 Å². The first-order valence-corrected chi connectivity index (χ1v) is 16.9. The lowest BCUT2D eigenvalue weighted by molar-refractivity contribution is -0.136. The van der Waals surface area contributed by atoms with Crippen LogP contribution in [0.2, 0.25) is 5.02 Å². The van der Waals surface area contributed by atoms with Crippen molar-refractivity contribution in [2.75, 3.05) is 64.7 Å². The fourth-order valence-electron chi connectivity index (χ4n) is 6.49. The van der Waals surface area contributed by atoms with Crippen molar-refractivity contribution in [1.82, 2.24) is 20.0 Å². The molecule has 3 N–H and O–H groups in total. The number of nitrogens with zero attached hydrogens (tertiary/aromatic N) is 3. The number of hydrogen-bond acceptors (Lipinski definition) is 6. The van der Waals surface area contributed by atoms with Gasteiger partial charge in [-0.15, -0.1) is 11.8 Å². The van der Waals surface area contributed by atoms with Crippen molar-refractivity contribution in [2.45, 2.75) is 50.1 Å². The lowest BCUT2D eigenvalue weighted by atomic mass is 9.88. The largest absolute Gasteiger partial charge is 0.339 e. The van der Waals surface area contributed by atoms with E-state index in [2.05, 4.69) is 40.2 Å². The number of nitrogens with two attached hydrogens (primary N) is 1. The molecule has 5 rings (SSSR count). The molecule has 2 aromatic rings. The fourth-order valence-corrected chi connectivity index (χ4v) is 7.51. The number of hydrogen-bond donors (Lipinski definition) is 2. The second-order valence-corrected chi connectivity index (χ2v) is 13.5. The van der Waals surface area contributed by atoms with Crippen LogP contribution in [0, 0.1) is 11.7 Å². The van der Waals surface area contributed by atoms with Gasteiger partial charge < -0.3 is 20.9 Å². The summed E-state index contributed by atoms with van der Waals surface area (Å²) in [5, 5.41) is 4.19. The van der Waals surface area contributed by atoms with Crippen molar-refractivity contribution in [3.63, 3.8) is 0 Å². The third-order valence-corrected chi connectivity index (χ3v) is 10.2. The number of benzene rings is 2. The molecule has 3 aliphatic heterocycles. The average Bonchev–Trinajstić information content (AvgIpc) is 3.02. The summed E-state index contributed by atoms with van der Waals surface area (Å²) < 4.78 is 13.7. The molecule has 9 heteroatoms. The van der Waals surface area contributed by atoms with E-state index in [0.29, 0.717) is 13.1 Å². The number of piperidine rings is 1. The molecule has 2 fully saturated rings. The van der Waals surface area contributed by atoms with E-state index >= 15 is 0 Å². The molecule has 42 heavy (non-hydrogen) atoms. The van der Waals surface area contributed by atoms with Crippen LogP contribution in [0.5, 0.6) is 0 Å². The molecular formula is C33H45ClFN5OS. The first-order valence-electron chi connectivity index (χ1n) is 15.5. The van der Waals surface area contributed by atoms with Crippen LogP contribution in [-0.2, 0) is 17.8 Å². The molecule has 3 aliphatic rings. The van der Waals surface area contributed by atoms with Crippen LogP contribution in [0.4, 0.5) is 4.39 Å². The van der Waals surface area contributed by atoms with Gasteiger partial charge in [0, 0.05) is 55.7 Å². The monoisotopic (exact) mass is 613 g/mol. The van der Waals surface area contributed by atoms with Crippen LogP contribution in [0.3, 0.4) is 0 Å². The molecule has 0 saturated carbocycles. The molecule has 0 aromatic heterocycles. The van der Waals surface area contributed by atoms with Gasteiger partial charge >= 0.3 is 0 Å². The Kier molecular flexibility index (Phi) is 11.4. The van der Waals surface area contributed by atoms with Gasteiger partial charge in [0.25, 0.3) is 0 Å². The van der Waals surface area contributed by atoms with Gasteiger partial charge in [0.2, 0.25) is 5.91 Å². The third kappa shape index (κ3) is 8.16. The SMILES string of the molecule is CCSc1cc(F)ccc1CN1CCN(C(=O)[C@H](N)C2CCN(CCc3cc(Cl)ccc3C3=CCNCC3)CC2)CC1. The quantitative estimate of drug-likeness (QED) is 0.372. The number of nitrogens with one attached hydrogen (secondary N) is 1. The zero-order valence-electron chi connectivity index (χ0n) is 24.8. The summed E-state index contributed by atoms with van der Waals surface area (Å²) in [6, 6.07) is 10.9. The third-order valence-electron chi connectivity index (χ3n) is 9.01. The van der Waals surface area contributed by atoms with Gasteiger partial charge in [-0.2, -0.15) is 0 Å². The molecule has 1 amide bonds. The van der Waals surface area contributed by atoms with Crippen molar-refractivity contribution in [2.24, 2.45) is 11.7 Å². The second kappa shape index (κ2) is 15.2. The van der Waals surface area contributed by atoms with Crippen molar-refractivity contribution in [3.8, 4) is 0 Å². The van der Waals surface area contributed by atoms with Gasteiger partial charge in [0.05, 0.1) is 6.04 Å². The normalized spacial score (nSPS) is 20.0. The van der Waals surface area contributed by atoms with E-state index < -0.39 is 6.04 Å². The van der Waals surface area contributed by atoms with Crippen LogP contribution in [0.25, 0.3) is 5.57 Å². The maximum Gasteiger partial charge on any atom is 0.239 e. The van der Waals surface area contributed by atoms with Gasteiger partial charge in [-0.3, -0.25) is 9.69 Å². The highest BCUT2D eigenvalue weighted by molar-refractivity contribution is 7.99. The Hall–Kier alpha value is -1.94. The zero-order valence-corrected chi connectivity index (χ0v) is 26.4. The minimum Gasteiger partial charge on any atom is -0.339 e. The molecule has 0 radical (unpaired) electrons. The van der Waals surface area contributed by atoms with Crippen LogP contribution >= 0.6 is 23.4 Å².